The highest BCUT2D eigenvalue weighted by molar-refractivity contribution is 5.56. The summed E-state index contributed by atoms with van der Waals surface area (Å²) in [6, 6.07) is 7.28. The van der Waals surface area contributed by atoms with Gasteiger partial charge in [0.1, 0.15) is 0 Å². The largest absolute Gasteiger partial charge is 0.385 e. The highest BCUT2D eigenvalue weighted by Crippen LogP contribution is 2.24. The van der Waals surface area contributed by atoms with Crippen LogP contribution in [0.3, 0.4) is 0 Å². The minimum atomic E-state index is -0.381. The second kappa shape index (κ2) is 8.22. The van der Waals surface area contributed by atoms with Crippen molar-refractivity contribution in [1.82, 2.24) is 4.90 Å². The molecule has 1 rings (SSSR count). The Morgan fingerprint density at radius 1 is 1.48 bits per heavy atom. The number of hydrogen-bond donors (Lipinski definition) is 1. The number of non-ortho nitro benzene ring substituents is 1. The van der Waals surface area contributed by atoms with Gasteiger partial charge in [0.25, 0.3) is 5.69 Å². The molecule has 0 saturated heterocycles. The van der Waals surface area contributed by atoms with Crippen LogP contribution in [0.1, 0.15) is 32.8 Å². The van der Waals surface area contributed by atoms with Crippen molar-refractivity contribution in [3.63, 3.8) is 0 Å². The molecule has 0 aromatic heterocycles. The molecule has 0 spiro atoms. The highest BCUT2D eigenvalue weighted by Gasteiger charge is 2.15. The zero-order valence-corrected chi connectivity index (χ0v) is 12.8. The number of rotatable bonds is 8. The van der Waals surface area contributed by atoms with Crippen LogP contribution in [-0.2, 0) is 6.54 Å². The van der Waals surface area contributed by atoms with E-state index in [0.717, 1.165) is 17.8 Å². The van der Waals surface area contributed by atoms with Crippen LogP contribution in [0.2, 0.25) is 0 Å². The van der Waals surface area contributed by atoms with Gasteiger partial charge in [-0.25, -0.2) is 0 Å². The fourth-order valence-electron chi connectivity index (χ4n) is 2.12. The first kappa shape index (κ1) is 16.9. The molecule has 0 heterocycles. The molecular formula is C15H22N4O2. The van der Waals surface area contributed by atoms with Gasteiger partial charge in [-0.1, -0.05) is 0 Å². The first-order chi connectivity index (χ1) is 9.99. The van der Waals surface area contributed by atoms with Gasteiger partial charge >= 0.3 is 0 Å². The summed E-state index contributed by atoms with van der Waals surface area (Å²) in [6.45, 7) is 8.10. The molecule has 0 aliphatic heterocycles. The fraction of sp³-hybridized carbons (Fsp3) is 0.533. The minimum absolute atomic E-state index is 0.0932. The van der Waals surface area contributed by atoms with E-state index in [9.17, 15) is 10.1 Å². The molecule has 1 N–H and O–H groups in total. The average molecular weight is 290 g/mol. The summed E-state index contributed by atoms with van der Waals surface area (Å²) in [6.07, 6.45) is 0.448. The molecule has 0 radical (unpaired) electrons. The van der Waals surface area contributed by atoms with E-state index in [1.165, 1.54) is 6.07 Å². The van der Waals surface area contributed by atoms with Gasteiger partial charge in [-0.2, -0.15) is 5.26 Å². The van der Waals surface area contributed by atoms with Gasteiger partial charge < -0.3 is 5.32 Å². The monoisotopic (exact) mass is 290 g/mol. The van der Waals surface area contributed by atoms with Gasteiger partial charge in [-0.15, -0.1) is 0 Å². The van der Waals surface area contributed by atoms with Crippen LogP contribution in [0.4, 0.5) is 11.4 Å². The van der Waals surface area contributed by atoms with Crippen molar-refractivity contribution in [2.45, 2.75) is 39.8 Å². The summed E-state index contributed by atoms with van der Waals surface area (Å²) >= 11 is 0. The Morgan fingerprint density at radius 2 is 2.19 bits per heavy atom. The van der Waals surface area contributed by atoms with Gasteiger partial charge in [0.2, 0.25) is 0 Å². The van der Waals surface area contributed by atoms with Crippen LogP contribution in [0.25, 0.3) is 0 Å². The van der Waals surface area contributed by atoms with Gasteiger partial charge in [-0.05, 0) is 32.4 Å². The number of nitrogens with one attached hydrogen (secondary N) is 1. The van der Waals surface area contributed by atoms with E-state index >= 15 is 0 Å². The van der Waals surface area contributed by atoms with Gasteiger partial charge in [0, 0.05) is 49.9 Å². The lowest BCUT2D eigenvalue weighted by Crippen LogP contribution is -2.31. The number of benzene rings is 1. The molecule has 114 valence electrons. The van der Waals surface area contributed by atoms with E-state index in [1.54, 1.807) is 12.1 Å². The van der Waals surface area contributed by atoms with Gasteiger partial charge in [-0.3, -0.25) is 15.0 Å². The Morgan fingerprint density at radius 3 is 2.71 bits per heavy atom. The Balaban J connectivity index is 3.03. The van der Waals surface area contributed by atoms with Crippen molar-refractivity contribution in [2.75, 3.05) is 18.4 Å². The number of hydrogen-bond acceptors (Lipinski definition) is 5. The molecule has 0 saturated carbocycles. The van der Waals surface area contributed by atoms with Gasteiger partial charge in [0.05, 0.1) is 11.0 Å². The van der Waals surface area contributed by atoms with Crippen molar-refractivity contribution in [1.29, 1.82) is 5.26 Å². The average Bonchev–Trinajstić information content (AvgIpc) is 2.44. The molecule has 0 amide bonds. The fourth-order valence-corrected chi connectivity index (χ4v) is 2.12. The van der Waals surface area contributed by atoms with Crippen LogP contribution >= 0.6 is 0 Å². The van der Waals surface area contributed by atoms with E-state index in [1.807, 2.05) is 6.92 Å². The summed E-state index contributed by atoms with van der Waals surface area (Å²) < 4.78 is 0. The van der Waals surface area contributed by atoms with Crippen LogP contribution in [0.15, 0.2) is 18.2 Å². The second-order valence-corrected chi connectivity index (χ2v) is 5.10. The zero-order valence-electron chi connectivity index (χ0n) is 12.8. The molecule has 1 aromatic carbocycles. The Labute approximate surface area is 125 Å². The summed E-state index contributed by atoms with van der Waals surface area (Å²) in [5, 5.41) is 22.9. The minimum Gasteiger partial charge on any atom is -0.385 e. The molecule has 6 nitrogen and oxygen atoms in total. The molecule has 0 bridgehead atoms. The number of nitrogens with zero attached hydrogens (tertiary/aromatic N) is 3. The maximum absolute atomic E-state index is 10.9. The first-order valence-electron chi connectivity index (χ1n) is 7.11. The van der Waals surface area contributed by atoms with Crippen LogP contribution in [-0.4, -0.2) is 29.0 Å². The van der Waals surface area contributed by atoms with Gasteiger partial charge in [0.15, 0.2) is 0 Å². The second-order valence-electron chi connectivity index (χ2n) is 5.10. The molecule has 0 aliphatic carbocycles. The van der Waals surface area contributed by atoms with Crippen molar-refractivity contribution >= 4 is 11.4 Å². The van der Waals surface area contributed by atoms with Crippen LogP contribution in [0, 0.1) is 21.4 Å². The third kappa shape index (κ3) is 5.04. The lowest BCUT2D eigenvalue weighted by atomic mass is 10.1. The van der Waals surface area contributed by atoms with E-state index in [2.05, 4.69) is 30.1 Å². The van der Waals surface area contributed by atoms with E-state index in [0.29, 0.717) is 19.5 Å². The molecule has 6 heteroatoms. The third-order valence-corrected chi connectivity index (χ3v) is 3.28. The zero-order chi connectivity index (χ0) is 15.8. The highest BCUT2D eigenvalue weighted by atomic mass is 16.6. The number of nitriles is 1. The third-order valence-electron chi connectivity index (χ3n) is 3.28. The molecule has 21 heavy (non-hydrogen) atoms. The van der Waals surface area contributed by atoms with Crippen molar-refractivity contribution < 1.29 is 4.92 Å². The maximum atomic E-state index is 10.9. The summed E-state index contributed by atoms with van der Waals surface area (Å²) in [5.41, 5.74) is 1.89. The quantitative estimate of drug-likeness (QED) is 0.587. The summed E-state index contributed by atoms with van der Waals surface area (Å²) in [4.78, 5) is 12.7. The Bertz CT molecular complexity index is 523. The van der Waals surface area contributed by atoms with Crippen LogP contribution in [0.5, 0.6) is 0 Å². The van der Waals surface area contributed by atoms with E-state index < -0.39 is 0 Å². The van der Waals surface area contributed by atoms with E-state index in [-0.39, 0.29) is 16.7 Å². The number of nitro groups is 1. The Kier molecular flexibility index (Phi) is 6.63. The Hall–Kier alpha value is -2.13. The molecule has 1 aromatic rings. The molecular weight excluding hydrogens is 268 g/mol. The van der Waals surface area contributed by atoms with Crippen LogP contribution < -0.4 is 5.32 Å². The summed E-state index contributed by atoms with van der Waals surface area (Å²) in [5.74, 6) is 0. The SMILES string of the molecule is CCNc1ccc([N+](=O)[O-])cc1CN(CCC#N)C(C)C. The lowest BCUT2D eigenvalue weighted by molar-refractivity contribution is -0.384. The standard InChI is InChI=1S/C15H22N4O2/c1-4-17-15-7-6-14(19(20)21)10-13(15)11-18(12(2)3)9-5-8-16/h6-7,10,12,17H,4-5,9,11H2,1-3H3. The summed E-state index contributed by atoms with van der Waals surface area (Å²) in [7, 11) is 0. The predicted molar refractivity (Wildman–Crippen MR) is 83.0 cm³/mol. The molecule has 0 unspecified atom stereocenters. The smallest absolute Gasteiger partial charge is 0.269 e. The molecule has 0 fully saturated rings. The first-order valence-corrected chi connectivity index (χ1v) is 7.11. The number of nitro benzene ring substituents is 1. The molecule has 0 atom stereocenters. The lowest BCUT2D eigenvalue weighted by Gasteiger charge is -2.26. The topological polar surface area (TPSA) is 82.2 Å². The normalized spacial score (nSPS) is 10.7. The maximum Gasteiger partial charge on any atom is 0.269 e. The van der Waals surface area contributed by atoms with Crippen molar-refractivity contribution in [3.05, 3.63) is 33.9 Å². The predicted octanol–water partition coefficient (Wildman–Crippen LogP) is 3.15. The van der Waals surface area contributed by atoms with Crippen molar-refractivity contribution in [2.24, 2.45) is 0 Å². The van der Waals surface area contributed by atoms with E-state index in [4.69, 9.17) is 5.26 Å². The number of anilines is 1. The molecule has 0 aliphatic rings. The van der Waals surface area contributed by atoms with Crippen molar-refractivity contribution in [3.8, 4) is 6.07 Å².